The Morgan fingerprint density at radius 3 is 2.46 bits per heavy atom. The summed E-state index contributed by atoms with van der Waals surface area (Å²) < 4.78 is 10.2. The number of anilines is 1. The van der Waals surface area contributed by atoms with Crippen LogP contribution in [-0.2, 0) is 9.53 Å². The molecule has 0 bridgehead atoms. The fourth-order valence-electron chi connectivity index (χ4n) is 2.21. The zero-order valence-electron chi connectivity index (χ0n) is 14.4. The van der Waals surface area contributed by atoms with Gasteiger partial charge >= 0.3 is 5.97 Å². The quantitative estimate of drug-likeness (QED) is 0.463. The predicted octanol–water partition coefficient (Wildman–Crippen LogP) is 3.10. The van der Waals surface area contributed by atoms with Gasteiger partial charge in [-0.15, -0.1) is 0 Å². The molecule has 0 aromatic heterocycles. The number of carbonyl (C=O) groups is 2. The zero-order chi connectivity index (χ0) is 19.1. The number of amides is 1. The summed E-state index contributed by atoms with van der Waals surface area (Å²) in [7, 11) is 0. The SMILES string of the molecule is CCOc1ccc(C(=O)OCC(=O)Nc2c(C)cccc2[N+](=O)[O-])cc1. The smallest absolute Gasteiger partial charge is 0.338 e. The maximum absolute atomic E-state index is 12.0. The summed E-state index contributed by atoms with van der Waals surface area (Å²) in [5, 5.41) is 13.5. The predicted molar refractivity (Wildman–Crippen MR) is 94.4 cm³/mol. The number of hydrogen-bond donors (Lipinski definition) is 1. The van der Waals surface area contributed by atoms with Crippen molar-refractivity contribution in [2.75, 3.05) is 18.5 Å². The van der Waals surface area contributed by atoms with E-state index in [1.807, 2.05) is 6.92 Å². The van der Waals surface area contributed by atoms with Crippen LogP contribution in [0.5, 0.6) is 5.75 Å². The summed E-state index contributed by atoms with van der Waals surface area (Å²) in [5.74, 6) is -0.724. The number of ether oxygens (including phenoxy) is 2. The molecule has 8 nitrogen and oxygen atoms in total. The molecule has 2 rings (SSSR count). The largest absolute Gasteiger partial charge is 0.494 e. The number of aryl methyl sites for hydroxylation is 1. The van der Waals surface area contributed by atoms with E-state index in [2.05, 4.69) is 5.32 Å². The third-order valence-electron chi connectivity index (χ3n) is 3.45. The first-order chi connectivity index (χ1) is 12.4. The molecule has 0 saturated carbocycles. The minimum absolute atomic E-state index is 0.0830. The molecule has 0 aliphatic rings. The van der Waals surface area contributed by atoms with Gasteiger partial charge < -0.3 is 14.8 Å². The van der Waals surface area contributed by atoms with Crippen molar-refractivity contribution < 1.29 is 24.0 Å². The van der Waals surface area contributed by atoms with Gasteiger partial charge in [0.15, 0.2) is 6.61 Å². The molecule has 0 fully saturated rings. The summed E-state index contributed by atoms with van der Waals surface area (Å²) in [6.45, 7) is 3.43. The first-order valence-electron chi connectivity index (χ1n) is 7.86. The van der Waals surface area contributed by atoms with E-state index in [4.69, 9.17) is 9.47 Å². The summed E-state index contributed by atoms with van der Waals surface area (Å²) >= 11 is 0. The highest BCUT2D eigenvalue weighted by Crippen LogP contribution is 2.27. The Morgan fingerprint density at radius 1 is 1.15 bits per heavy atom. The van der Waals surface area contributed by atoms with E-state index in [9.17, 15) is 19.7 Å². The van der Waals surface area contributed by atoms with Gasteiger partial charge in [0, 0.05) is 6.07 Å². The van der Waals surface area contributed by atoms with Crippen molar-refractivity contribution in [2.45, 2.75) is 13.8 Å². The fraction of sp³-hybridized carbons (Fsp3) is 0.222. The van der Waals surface area contributed by atoms with Crippen molar-refractivity contribution in [3.05, 3.63) is 63.7 Å². The van der Waals surface area contributed by atoms with Gasteiger partial charge in [0.1, 0.15) is 11.4 Å². The van der Waals surface area contributed by atoms with Crippen LogP contribution in [-0.4, -0.2) is 30.0 Å². The van der Waals surface area contributed by atoms with Crippen molar-refractivity contribution in [2.24, 2.45) is 0 Å². The molecule has 8 heteroatoms. The van der Waals surface area contributed by atoms with Crippen LogP contribution < -0.4 is 10.1 Å². The summed E-state index contributed by atoms with van der Waals surface area (Å²) in [4.78, 5) is 34.4. The summed E-state index contributed by atoms with van der Waals surface area (Å²) in [6, 6.07) is 10.7. The van der Waals surface area contributed by atoms with Gasteiger partial charge in [-0.25, -0.2) is 4.79 Å². The van der Waals surface area contributed by atoms with Crippen molar-refractivity contribution >= 4 is 23.3 Å². The number of nitrogens with zero attached hydrogens (tertiary/aromatic N) is 1. The highest BCUT2D eigenvalue weighted by molar-refractivity contribution is 5.97. The van der Waals surface area contributed by atoms with Crippen molar-refractivity contribution in [1.29, 1.82) is 0 Å². The Balaban J connectivity index is 1.97. The van der Waals surface area contributed by atoms with Crippen LogP contribution in [0.1, 0.15) is 22.8 Å². The fourth-order valence-corrected chi connectivity index (χ4v) is 2.21. The van der Waals surface area contributed by atoms with Crippen LogP contribution in [0.2, 0.25) is 0 Å². The van der Waals surface area contributed by atoms with Crippen LogP contribution in [0, 0.1) is 17.0 Å². The molecule has 0 atom stereocenters. The number of nitrogens with one attached hydrogen (secondary N) is 1. The molecule has 0 saturated heterocycles. The molecule has 0 unspecified atom stereocenters. The van der Waals surface area contributed by atoms with E-state index >= 15 is 0 Å². The average Bonchev–Trinajstić information content (AvgIpc) is 2.62. The van der Waals surface area contributed by atoms with Gasteiger partial charge in [0.2, 0.25) is 0 Å². The van der Waals surface area contributed by atoms with Gasteiger partial charge in [-0.05, 0) is 43.7 Å². The van der Waals surface area contributed by atoms with Gasteiger partial charge in [-0.2, -0.15) is 0 Å². The number of hydrogen-bond acceptors (Lipinski definition) is 6. The highest BCUT2D eigenvalue weighted by atomic mass is 16.6. The van der Waals surface area contributed by atoms with E-state index in [1.165, 1.54) is 24.3 Å². The minimum Gasteiger partial charge on any atom is -0.494 e. The molecule has 0 spiro atoms. The average molecular weight is 358 g/mol. The van der Waals surface area contributed by atoms with E-state index in [0.29, 0.717) is 17.9 Å². The number of rotatable bonds is 7. The molecule has 26 heavy (non-hydrogen) atoms. The van der Waals surface area contributed by atoms with Crippen molar-refractivity contribution in [3.63, 3.8) is 0 Å². The van der Waals surface area contributed by atoms with Gasteiger partial charge in [0.25, 0.3) is 11.6 Å². The van der Waals surface area contributed by atoms with Crippen molar-refractivity contribution in [1.82, 2.24) is 0 Å². The lowest BCUT2D eigenvalue weighted by Gasteiger charge is -2.09. The minimum atomic E-state index is -0.678. The van der Waals surface area contributed by atoms with Crippen molar-refractivity contribution in [3.8, 4) is 5.75 Å². The van der Waals surface area contributed by atoms with Gasteiger partial charge in [0.05, 0.1) is 17.1 Å². The molecule has 0 aliphatic heterocycles. The van der Waals surface area contributed by atoms with E-state index in [1.54, 1.807) is 25.1 Å². The Kier molecular flexibility index (Phi) is 6.26. The lowest BCUT2D eigenvalue weighted by atomic mass is 10.1. The third kappa shape index (κ3) is 4.79. The number of benzene rings is 2. The second kappa shape index (κ2) is 8.61. The second-order valence-electron chi connectivity index (χ2n) is 5.31. The van der Waals surface area contributed by atoms with E-state index in [-0.39, 0.29) is 16.9 Å². The summed E-state index contributed by atoms with van der Waals surface area (Å²) in [5.41, 5.74) is 0.657. The number of nitro benzene ring substituents is 1. The molecule has 1 amide bonds. The Labute approximate surface area is 149 Å². The Hall–Kier alpha value is -3.42. The molecule has 1 N–H and O–H groups in total. The van der Waals surface area contributed by atoms with Crippen LogP contribution in [0.15, 0.2) is 42.5 Å². The molecule has 0 heterocycles. The molecule has 0 radical (unpaired) electrons. The standard InChI is InChI=1S/C18H18N2O6/c1-3-25-14-9-7-13(8-10-14)18(22)26-11-16(21)19-17-12(2)5-4-6-15(17)20(23)24/h4-10H,3,11H2,1-2H3,(H,19,21). The topological polar surface area (TPSA) is 108 Å². The third-order valence-corrected chi connectivity index (χ3v) is 3.45. The normalized spacial score (nSPS) is 10.1. The number of para-hydroxylation sites is 1. The summed E-state index contributed by atoms with van der Waals surface area (Å²) in [6.07, 6.45) is 0. The second-order valence-corrected chi connectivity index (χ2v) is 5.31. The maximum Gasteiger partial charge on any atom is 0.338 e. The molecule has 2 aromatic rings. The van der Waals surface area contributed by atoms with Gasteiger partial charge in [-0.1, -0.05) is 12.1 Å². The van der Waals surface area contributed by atoms with E-state index in [0.717, 1.165) is 0 Å². The first-order valence-corrected chi connectivity index (χ1v) is 7.86. The molecule has 2 aromatic carbocycles. The highest BCUT2D eigenvalue weighted by Gasteiger charge is 2.18. The Morgan fingerprint density at radius 2 is 1.85 bits per heavy atom. The molecule has 136 valence electrons. The Bertz CT molecular complexity index is 817. The van der Waals surface area contributed by atoms with Crippen LogP contribution in [0.25, 0.3) is 0 Å². The number of nitro groups is 1. The monoisotopic (exact) mass is 358 g/mol. The first kappa shape index (κ1) is 18.9. The lowest BCUT2D eigenvalue weighted by molar-refractivity contribution is -0.384. The van der Waals surface area contributed by atoms with Crippen LogP contribution in [0.4, 0.5) is 11.4 Å². The maximum atomic E-state index is 12.0. The molecule has 0 aliphatic carbocycles. The lowest BCUT2D eigenvalue weighted by Crippen LogP contribution is -2.22. The zero-order valence-corrected chi connectivity index (χ0v) is 14.4. The number of carbonyl (C=O) groups excluding carboxylic acids is 2. The molecular formula is C18H18N2O6. The molecular weight excluding hydrogens is 340 g/mol. The van der Waals surface area contributed by atoms with Crippen LogP contribution in [0.3, 0.4) is 0 Å². The van der Waals surface area contributed by atoms with Gasteiger partial charge in [-0.3, -0.25) is 14.9 Å². The van der Waals surface area contributed by atoms with Crippen LogP contribution >= 0.6 is 0 Å². The van der Waals surface area contributed by atoms with E-state index < -0.39 is 23.4 Å². The number of esters is 1.